The summed E-state index contributed by atoms with van der Waals surface area (Å²) >= 11 is 6.32. The standard InChI is InChI=1S/C23H27ClN2O3S/c1-16(2)11-13-25(19-8-9-19)23(27)18-7-10-20(24)22(15-18)30(28,29)26-14-12-17-5-3-4-6-21(17)26/h3-7,10,15-16,19H,8-9,11-14H2,1-2H3. The Morgan fingerprint density at radius 1 is 1.20 bits per heavy atom. The van der Waals surface area contributed by atoms with E-state index in [-0.39, 0.29) is 21.9 Å². The number of benzene rings is 2. The highest BCUT2D eigenvalue weighted by atomic mass is 35.5. The lowest BCUT2D eigenvalue weighted by molar-refractivity contribution is 0.0735. The van der Waals surface area contributed by atoms with Crippen LogP contribution in [-0.2, 0) is 16.4 Å². The molecule has 1 aliphatic carbocycles. The third kappa shape index (κ3) is 4.08. The fourth-order valence-electron chi connectivity index (χ4n) is 3.91. The maximum atomic E-state index is 13.4. The summed E-state index contributed by atoms with van der Waals surface area (Å²) < 4.78 is 28.3. The van der Waals surface area contributed by atoms with Crippen molar-refractivity contribution in [3.8, 4) is 0 Å². The first kappa shape index (κ1) is 21.2. The van der Waals surface area contributed by atoms with Crippen molar-refractivity contribution >= 4 is 33.2 Å². The van der Waals surface area contributed by atoms with Gasteiger partial charge in [-0.3, -0.25) is 9.10 Å². The van der Waals surface area contributed by atoms with Crippen LogP contribution < -0.4 is 4.31 Å². The summed E-state index contributed by atoms with van der Waals surface area (Å²) in [5, 5.41) is 0.135. The first-order valence-electron chi connectivity index (χ1n) is 10.5. The van der Waals surface area contributed by atoms with Crippen LogP contribution in [0.25, 0.3) is 0 Å². The van der Waals surface area contributed by atoms with E-state index in [1.54, 1.807) is 6.07 Å². The summed E-state index contributed by atoms with van der Waals surface area (Å²) in [6.07, 6.45) is 3.60. The average Bonchev–Trinajstić information content (AvgIpc) is 3.45. The van der Waals surface area contributed by atoms with Crippen molar-refractivity contribution in [2.45, 2.75) is 50.5 Å². The van der Waals surface area contributed by atoms with E-state index in [9.17, 15) is 13.2 Å². The molecule has 1 fully saturated rings. The predicted octanol–water partition coefficient (Wildman–Crippen LogP) is 4.74. The fourth-order valence-corrected chi connectivity index (χ4v) is 5.92. The van der Waals surface area contributed by atoms with Crippen LogP contribution in [0, 0.1) is 5.92 Å². The van der Waals surface area contributed by atoms with Crippen LogP contribution in [0.4, 0.5) is 5.69 Å². The van der Waals surface area contributed by atoms with Gasteiger partial charge in [0.05, 0.1) is 10.7 Å². The summed E-state index contributed by atoms with van der Waals surface area (Å²) in [7, 11) is -3.86. The second-order valence-electron chi connectivity index (χ2n) is 8.51. The summed E-state index contributed by atoms with van der Waals surface area (Å²) in [5.41, 5.74) is 2.06. The topological polar surface area (TPSA) is 57.7 Å². The van der Waals surface area contributed by atoms with Crippen LogP contribution in [0.1, 0.15) is 49.0 Å². The maximum absolute atomic E-state index is 13.4. The Morgan fingerprint density at radius 3 is 2.63 bits per heavy atom. The van der Waals surface area contributed by atoms with E-state index in [1.165, 1.54) is 16.4 Å². The van der Waals surface area contributed by atoms with E-state index in [0.29, 0.717) is 36.7 Å². The van der Waals surface area contributed by atoms with Crippen LogP contribution >= 0.6 is 11.6 Å². The molecular formula is C23H27ClN2O3S. The Morgan fingerprint density at radius 2 is 1.93 bits per heavy atom. The molecule has 7 heteroatoms. The Bertz CT molecular complexity index is 1060. The zero-order valence-electron chi connectivity index (χ0n) is 17.3. The van der Waals surface area contributed by atoms with Gasteiger partial charge in [0.1, 0.15) is 4.90 Å². The Kier molecular flexibility index (Phi) is 5.82. The second kappa shape index (κ2) is 8.23. The molecule has 0 aromatic heterocycles. The van der Waals surface area contributed by atoms with Gasteiger partial charge in [-0.05, 0) is 61.4 Å². The van der Waals surface area contributed by atoms with Crippen molar-refractivity contribution in [2.75, 3.05) is 17.4 Å². The molecule has 2 aromatic rings. The number of para-hydroxylation sites is 1. The van der Waals surface area contributed by atoms with Gasteiger partial charge in [-0.25, -0.2) is 8.42 Å². The van der Waals surface area contributed by atoms with Crippen molar-refractivity contribution in [3.63, 3.8) is 0 Å². The number of fused-ring (bicyclic) bond motifs is 1. The van der Waals surface area contributed by atoms with Crippen molar-refractivity contribution in [2.24, 2.45) is 5.92 Å². The van der Waals surface area contributed by atoms with Gasteiger partial charge in [0.25, 0.3) is 15.9 Å². The van der Waals surface area contributed by atoms with Crippen LogP contribution in [0.3, 0.4) is 0 Å². The summed E-state index contributed by atoms with van der Waals surface area (Å²) in [6.45, 7) is 5.33. The molecule has 160 valence electrons. The van der Waals surface area contributed by atoms with Crippen LogP contribution in [0.2, 0.25) is 5.02 Å². The monoisotopic (exact) mass is 446 g/mol. The van der Waals surface area contributed by atoms with Crippen LogP contribution in [0.5, 0.6) is 0 Å². The van der Waals surface area contributed by atoms with Crippen LogP contribution in [-0.4, -0.2) is 38.4 Å². The SMILES string of the molecule is CC(C)CCN(C(=O)c1ccc(Cl)c(S(=O)(=O)N2CCc3ccccc32)c1)C1CC1. The van der Waals surface area contributed by atoms with Gasteiger partial charge in [0.2, 0.25) is 0 Å². The molecule has 1 heterocycles. The normalized spacial score (nSPS) is 16.1. The van der Waals surface area contributed by atoms with Gasteiger partial charge in [0, 0.05) is 24.7 Å². The molecule has 0 N–H and O–H groups in total. The summed E-state index contributed by atoms with van der Waals surface area (Å²) in [4.78, 5) is 15.1. The van der Waals surface area contributed by atoms with Crippen molar-refractivity contribution < 1.29 is 13.2 Å². The van der Waals surface area contributed by atoms with Crippen molar-refractivity contribution in [1.29, 1.82) is 0 Å². The van der Waals surface area contributed by atoms with Gasteiger partial charge in [-0.2, -0.15) is 0 Å². The molecule has 2 aliphatic rings. The third-order valence-electron chi connectivity index (χ3n) is 5.79. The Labute approximate surface area is 183 Å². The van der Waals surface area contributed by atoms with Gasteiger partial charge < -0.3 is 4.90 Å². The van der Waals surface area contributed by atoms with E-state index in [2.05, 4.69) is 13.8 Å². The van der Waals surface area contributed by atoms with E-state index in [0.717, 1.165) is 24.8 Å². The number of hydrogen-bond acceptors (Lipinski definition) is 3. The van der Waals surface area contributed by atoms with E-state index < -0.39 is 10.0 Å². The smallest absolute Gasteiger partial charge is 0.265 e. The number of sulfonamides is 1. The molecule has 0 saturated heterocycles. The maximum Gasteiger partial charge on any atom is 0.265 e. The van der Waals surface area contributed by atoms with E-state index in [4.69, 9.17) is 11.6 Å². The molecule has 4 rings (SSSR count). The van der Waals surface area contributed by atoms with Crippen LogP contribution in [0.15, 0.2) is 47.4 Å². The number of anilines is 1. The molecule has 0 atom stereocenters. The van der Waals surface area contributed by atoms with Gasteiger partial charge in [-0.1, -0.05) is 43.6 Å². The molecule has 0 radical (unpaired) electrons. The minimum Gasteiger partial charge on any atom is -0.336 e. The minimum atomic E-state index is -3.86. The van der Waals surface area contributed by atoms with Gasteiger partial charge >= 0.3 is 0 Å². The molecule has 0 spiro atoms. The number of amides is 1. The number of rotatable bonds is 7. The molecule has 0 bridgehead atoms. The molecule has 1 saturated carbocycles. The highest BCUT2D eigenvalue weighted by Crippen LogP contribution is 2.36. The molecule has 2 aromatic carbocycles. The lowest BCUT2D eigenvalue weighted by atomic mass is 10.1. The summed E-state index contributed by atoms with van der Waals surface area (Å²) in [5.74, 6) is 0.378. The first-order valence-corrected chi connectivity index (χ1v) is 12.3. The third-order valence-corrected chi connectivity index (χ3v) is 8.08. The zero-order chi connectivity index (χ0) is 21.5. The molecule has 0 unspecified atom stereocenters. The molecule has 1 amide bonds. The largest absolute Gasteiger partial charge is 0.336 e. The lowest BCUT2D eigenvalue weighted by Gasteiger charge is -2.24. The first-order chi connectivity index (χ1) is 14.3. The minimum absolute atomic E-state index is 0.00803. The van der Waals surface area contributed by atoms with E-state index >= 15 is 0 Å². The predicted molar refractivity (Wildman–Crippen MR) is 120 cm³/mol. The molecular weight excluding hydrogens is 420 g/mol. The number of nitrogens with zero attached hydrogens (tertiary/aromatic N) is 2. The zero-order valence-corrected chi connectivity index (χ0v) is 18.9. The number of carbonyl (C=O) groups excluding carboxylic acids is 1. The molecule has 30 heavy (non-hydrogen) atoms. The number of halogens is 1. The van der Waals surface area contributed by atoms with Gasteiger partial charge in [-0.15, -0.1) is 0 Å². The second-order valence-corrected chi connectivity index (χ2v) is 10.8. The summed E-state index contributed by atoms with van der Waals surface area (Å²) in [6, 6.07) is 12.4. The lowest BCUT2D eigenvalue weighted by Crippen LogP contribution is -2.35. The molecule has 1 aliphatic heterocycles. The van der Waals surface area contributed by atoms with Gasteiger partial charge in [0.15, 0.2) is 0 Å². The highest BCUT2D eigenvalue weighted by Gasteiger charge is 2.35. The van der Waals surface area contributed by atoms with Crippen molar-refractivity contribution in [1.82, 2.24) is 4.90 Å². The Hall–Kier alpha value is -2.05. The highest BCUT2D eigenvalue weighted by molar-refractivity contribution is 7.93. The Balaban J connectivity index is 1.66. The average molecular weight is 447 g/mol. The molecule has 5 nitrogen and oxygen atoms in total. The number of hydrogen-bond donors (Lipinski definition) is 0. The fraction of sp³-hybridized carbons (Fsp3) is 0.435. The quantitative estimate of drug-likeness (QED) is 0.617. The van der Waals surface area contributed by atoms with E-state index in [1.807, 2.05) is 29.2 Å². The van der Waals surface area contributed by atoms with Crippen molar-refractivity contribution in [3.05, 3.63) is 58.6 Å². The number of carbonyl (C=O) groups is 1.